The lowest BCUT2D eigenvalue weighted by Crippen LogP contribution is -2.36. The van der Waals surface area contributed by atoms with Crippen molar-refractivity contribution < 1.29 is 4.79 Å². The Morgan fingerprint density at radius 2 is 2.50 bits per heavy atom. The number of rotatable bonds is 2. The Morgan fingerprint density at radius 3 is 3.12 bits per heavy atom. The fourth-order valence-electron chi connectivity index (χ4n) is 2.04. The molecule has 1 N–H and O–H groups in total. The van der Waals surface area contributed by atoms with Crippen molar-refractivity contribution in [3.05, 3.63) is 16.1 Å². The van der Waals surface area contributed by atoms with Gasteiger partial charge < -0.3 is 5.32 Å². The molecular weight excluding hydrogens is 222 g/mol. The quantitative estimate of drug-likeness (QED) is 0.851. The van der Waals surface area contributed by atoms with E-state index in [1.54, 1.807) is 5.51 Å². The molecule has 1 aliphatic carbocycles. The monoisotopic (exact) mass is 235 g/mol. The van der Waals surface area contributed by atoms with Crippen LogP contribution in [0.5, 0.6) is 0 Å². The Morgan fingerprint density at radius 1 is 1.69 bits per heavy atom. The summed E-state index contributed by atoms with van der Waals surface area (Å²) in [6.07, 6.45) is 2.82. The molecule has 0 aromatic carbocycles. The lowest BCUT2D eigenvalue weighted by atomic mass is 10.1. The van der Waals surface area contributed by atoms with Gasteiger partial charge in [-0.2, -0.15) is 5.26 Å². The van der Waals surface area contributed by atoms with Crippen molar-refractivity contribution >= 4 is 17.2 Å². The normalized spacial score (nSPS) is 24.0. The van der Waals surface area contributed by atoms with Crippen LogP contribution in [-0.2, 0) is 0 Å². The number of hydrogen-bond acceptors (Lipinski definition) is 4. The summed E-state index contributed by atoms with van der Waals surface area (Å²) in [6, 6.07) is 2.27. The highest BCUT2D eigenvalue weighted by atomic mass is 32.1. The van der Waals surface area contributed by atoms with Gasteiger partial charge in [-0.25, -0.2) is 4.98 Å². The predicted octanol–water partition coefficient (Wildman–Crippen LogP) is 1.87. The summed E-state index contributed by atoms with van der Waals surface area (Å²) in [4.78, 5) is 16.6. The van der Waals surface area contributed by atoms with Gasteiger partial charge in [-0.05, 0) is 26.2 Å². The van der Waals surface area contributed by atoms with Crippen LogP contribution in [-0.4, -0.2) is 16.9 Å². The Hall–Kier alpha value is -1.41. The largest absolute Gasteiger partial charge is 0.347 e. The van der Waals surface area contributed by atoms with Gasteiger partial charge in [0.1, 0.15) is 4.88 Å². The lowest BCUT2D eigenvalue weighted by molar-refractivity contribution is 0.0936. The van der Waals surface area contributed by atoms with Crippen LogP contribution in [0.2, 0.25) is 0 Å². The number of aryl methyl sites for hydroxylation is 1. The predicted molar refractivity (Wildman–Crippen MR) is 61.1 cm³/mol. The second-order valence-corrected chi connectivity index (χ2v) is 4.87. The number of amides is 1. The molecule has 0 aliphatic heterocycles. The van der Waals surface area contributed by atoms with Crippen LogP contribution in [0, 0.1) is 24.2 Å². The molecule has 1 fully saturated rings. The minimum Gasteiger partial charge on any atom is -0.347 e. The molecule has 16 heavy (non-hydrogen) atoms. The minimum atomic E-state index is -0.0906. The number of thiazole rings is 1. The van der Waals surface area contributed by atoms with E-state index < -0.39 is 0 Å². The molecule has 0 saturated heterocycles. The standard InChI is InChI=1S/C11H13N3OS/c1-7-10(16-6-13-7)11(15)14-9-4-2-3-8(9)5-12/h6,8-9H,2-4H2,1H3,(H,14,15). The third-order valence-electron chi connectivity index (χ3n) is 2.95. The highest BCUT2D eigenvalue weighted by molar-refractivity contribution is 7.11. The van der Waals surface area contributed by atoms with Crippen molar-refractivity contribution in [3.63, 3.8) is 0 Å². The Bertz CT molecular complexity index is 435. The van der Waals surface area contributed by atoms with Crippen molar-refractivity contribution in [2.75, 3.05) is 0 Å². The molecule has 1 amide bonds. The molecule has 0 bridgehead atoms. The first kappa shape index (κ1) is 11.1. The molecule has 0 radical (unpaired) electrons. The highest BCUT2D eigenvalue weighted by Crippen LogP contribution is 2.25. The van der Waals surface area contributed by atoms with Crippen LogP contribution in [0.3, 0.4) is 0 Å². The van der Waals surface area contributed by atoms with E-state index >= 15 is 0 Å². The number of nitrogens with one attached hydrogen (secondary N) is 1. The van der Waals surface area contributed by atoms with E-state index in [4.69, 9.17) is 5.26 Å². The van der Waals surface area contributed by atoms with Gasteiger partial charge in [-0.1, -0.05) is 0 Å². The van der Waals surface area contributed by atoms with Crippen molar-refractivity contribution in [3.8, 4) is 6.07 Å². The number of hydrogen-bond donors (Lipinski definition) is 1. The zero-order chi connectivity index (χ0) is 11.5. The van der Waals surface area contributed by atoms with Gasteiger partial charge in [-0.15, -0.1) is 11.3 Å². The molecule has 1 aromatic rings. The molecule has 2 atom stereocenters. The number of carbonyl (C=O) groups excluding carboxylic acids is 1. The van der Waals surface area contributed by atoms with Crippen molar-refractivity contribution in [2.24, 2.45) is 5.92 Å². The maximum absolute atomic E-state index is 11.9. The molecule has 0 spiro atoms. The molecular formula is C11H13N3OS. The van der Waals surface area contributed by atoms with E-state index in [9.17, 15) is 4.79 Å². The molecule has 1 saturated carbocycles. The highest BCUT2D eigenvalue weighted by Gasteiger charge is 2.29. The summed E-state index contributed by atoms with van der Waals surface area (Å²) < 4.78 is 0. The Kier molecular flexibility index (Phi) is 3.20. The van der Waals surface area contributed by atoms with Crippen LogP contribution in [0.15, 0.2) is 5.51 Å². The van der Waals surface area contributed by atoms with Crippen LogP contribution in [0.4, 0.5) is 0 Å². The fraction of sp³-hybridized carbons (Fsp3) is 0.545. The number of carbonyl (C=O) groups is 1. The molecule has 1 heterocycles. The summed E-state index contributed by atoms with van der Waals surface area (Å²) in [6.45, 7) is 1.82. The summed E-state index contributed by atoms with van der Waals surface area (Å²) in [5, 5.41) is 11.9. The number of aromatic nitrogens is 1. The Labute approximate surface area is 98.3 Å². The van der Waals surface area contributed by atoms with Crippen LogP contribution in [0.1, 0.15) is 34.6 Å². The lowest BCUT2D eigenvalue weighted by Gasteiger charge is -2.14. The van der Waals surface area contributed by atoms with E-state index in [2.05, 4.69) is 16.4 Å². The van der Waals surface area contributed by atoms with Gasteiger partial charge in [0, 0.05) is 6.04 Å². The van der Waals surface area contributed by atoms with E-state index in [0.717, 1.165) is 25.0 Å². The molecule has 5 heteroatoms. The van der Waals surface area contributed by atoms with Gasteiger partial charge in [-0.3, -0.25) is 4.79 Å². The van der Waals surface area contributed by atoms with Gasteiger partial charge in [0.2, 0.25) is 0 Å². The number of nitriles is 1. The molecule has 4 nitrogen and oxygen atoms in total. The van der Waals surface area contributed by atoms with Crippen LogP contribution in [0.25, 0.3) is 0 Å². The van der Waals surface area contributed by atoms with Crippen molar-refractivity contribution in [2.45, 2.75) is 32.2 Å². The van der Waals surface area contributed by atoms with E-state index in [1.807, 2.05) is 6.92 Å². The van der Waals surface area contributed by atoms with Crippen LogP contribution >= 0.6 is 11.3 Å². The van der Waals surface area contributed by atoms with Crippen LogP contribution < -0.4 is 5.32 Å². The second-order valence-electron chi connectivity index (χ2n) is 4.01. The first-order valence-electron chi connectivity index (χ1n) is 5.33. The fourth-order valence-corrected chi connectivity index (χ4v) is 2.75. The molecule has 1 aliphatic rings. The molecule has 2 unspecified atom stereocenters. The topological polar surface area (TPSA) is 65.8 Å². The number of nitrogens with zero attached hydrogens (tertiary/aromatic N) is 2. The third-order valence-corrected chi connectivity index (χ3v) is 3.88. The van der Waals surface area contributed by atoms with Crippen molar-refractivity contribution in [1.29, 1.82) is 5.26 Å². The van der Waals surface area contributed by atoms with E-state index in [-0.39, 0.29) is 17.9 Å². The van der Waals surface area contributed by atoms with Gasteiger partial charge in [0.25, 0.3) is 5.91 Å². The SMILES string of the molecule is Cc1ncsc1C(=O)NC1CCCC1C#N. The maximum Gasteiger partial charge on any atom is 0.263 e. The summed E-state index contributed by atoms with van der Waals surface area (Å²) >= 11 is 1.34. The molecule has 2 rings (SSSR count). The van der Waals surface area contributed by atoms with Crippen molar-refractivity contribution in [1.82, 2.24) is 10.3 Å². The maximum atomic E-state index is 11.9. The van der Waals surface area contributed by atoms with Gasteiger partial charge >= 0.3 is 0 Å². The third kappa shape index (κ3) is 2.07. The summed E-state index contributed by atoms with van der Waals surface area (Å²) in [5.74, 6) is -0.121. The zero-order valence-corrected chi connectivity index (χ0v) is 9.88. The summed E-state index contributed by atoms with van der Waals surface area (Å²) in [5.41, 5.74) is 2.43. The van der Waals surface area contributed by atoms with Gasteiger partial charge in [0.15, 0.2) is 0 Å². The van der Waals surface area contributed by atoms with E-state index in [0.29, 0.717) is 4.88 Å². The minimum absolute atomic E-state index is 0.0130. The first-order chi connectivity index (χ1) is 7.72. The Balaban J connectivity index is 2.03. The van der Waals surface area contributed by atoms with E-state index in [1.165, 1.54) is 11.3 Å². The smallest absolute Gasteiger partial charge is 0.263 e. The molecule has 84 valence electrons. The first-order valence-corrected chi connectivity index (χ1v) is 6.21. The summed E-state index contributed by atoms with van der Waals surface area (Å²) in [7, 11) is 0. The average Bonchev–Trinajstić information content (AvgIpc) is 2.86. The zero-order valence-electron chi connectivity index (χ0n) is 9.06. The second kappa shape index (κ2) is 4.62. The molecule has 1 aromatic heterocycles. The van der Waals surface area contributed by atoms with Gasteiger partial charge in [0.05, 0.1) is 23.2 Å². The average molecular weight is 235 g/mol.